The predicted molar refractivity (Wildman–Crippen MR) is 79.6 cm³/mol. The fourth-order valence-electron chi connectivity index (χ4n) is 1.75. The summed E-state index contributed by atoms with van der Waals surface area (Å²) in [5.74, 6) is 0.589. The monoisotopic (exact) mass is 324 g/mol. The molecule has 0 spiro atoms. The number of hydrogen-bond donors (Lipinski definition) is 0. The summed E-state index contributed by atoms with van der Waals surface area (Å²) in [5, 5.41) is 11.8. The van der Waals surface area contributed by atoms with E-state index in [-0.39, 0.29) is 13.2 Å². The minimum absolute atomic E-state index is 0.0227. The lowest BCUT2D eigenvalue weighted by molar-refractivity contribution is -0.147. The number of benzene rings is 1. The zero-order valence-corrected chi connectivity index (χ0v) is 13.2. The number of halogens is 1. The van der Waals surface area contributed by atoms with Crippen LogP contribution in [0.4, 0.5) is 0 Å². The summed E-state index contributed by atoms with van der Waals surface area (Å²) in [7, 11) is 0. The molecule has 2 aromatic rings. The zero-order chi connectivity index (χ0) is 15.9. The van der Waals surface area contributed by atoms with Crippen molar-refractivity contribution in [1.82, 2.24) is 20.2 Å². The lowest BCUT2D eigenvalue weighted by Crippen LogP contribution is -2.16. The molecule has 0 amide bonds. The molecule has 2 rings (SSSR count). The molecule has 0 unspecified atom stereocenters. The normalized spacial score (nSPS) is 10.5. The van der Waals surface area contributed by atoms with Crippen LogP contribution >= 0.6 is 11.6 Å². The molecule has 118 valence electrons. The van der Waals surface area contributed by atoms with E-state index in [1.165, 1.54) is 0 Å². The molecule has 1 aromatic carbocycles. The molecule has 22 heavy (non-hydrogen) atoms. The lowest BCUT2D eigenvalue weighted by atomic mass is 10.2. The molecule has 8 heteroatoms. The van der Waals surface area contributed by atoms with Gasteiger partial charge in [0.15, 0.2) is 19.0 Å². The zero-order valence-electron chi connectivity index (χ0n) is 12.5. The number of esters is 1. The first-order valence-electron chi connectivity index (χ1n) is 6.89. The van der Waals surface area contributed by atoms with E-state index in [4.69, 9.17) is 21.1 Å². The van der Waals surface area contributed by atoms with Gasteiger partial charge in [-0.3, -0.25) is 0 Å². The van der Waals surface area contributed by atoms with E-state index in [0.717, 1.165) is 12.0 Å². The highest BCUT2D eigenvalue weighted by Gasteiger charge is 2.10. The van der Waals surface area contributed by atoms with Crippen LogP contribution in [-0.2, 0) is 22.7 Å². The van der Waals surface area contributed by atoms with Gasteiger partial charge in [-0.1, -0.05) is 18.5 Å². The van der Waals surface area contributed by atoms with Crippen molar-refractivity contribution in [2.75, 3.05) is 6.61 Å². The Labute approximate surface area is 133 Å². The summed E-state index contributed by atoms with van der Waals surface area (Å²) < 4.78 is 12.1. The minimum Gasteiger partial charge on any atom is -0.482 e. The Kier molecular flexibility index (Phi) is 5.71. The molecule has 1 heterocycles. The van der Waals surface area contributed by atoms with Crippen LogP contribution in [0.3, 0.4) is 0 Å². The van der Waals surface area contributed by atoms with Crippen LogP contribution in [0.25, 0.3) is 0 Å². The first kappa shape index (κ1) is 16.2. The molecule has 0 aliphatic heterocycles. The van der Waals surface area contributed by atoms with Gasteiger partial charge in [-0.05, 0) is 47.5 Å². The molecule has 0 aliphatic rings. The van der Waals surface area contributed by atoms with Crippen LogP contribution in [0.2, 0.25) is 5.02 Å². The van der Waals surface area contributed by atoms with Gasteiger partial charge < -0.3 is 9.47 Å². The summed E-state index contributed by atoms with van der Waals surface area (Å²) in [4.78, 5) is 11.7. The number of hydrogen-bond acceptors (Lipinski definition) is 6. The number of tetrazole rings is 1. The maximum atomic E-state index is 11.7. The van der Waals surface area contributed by atoms with Crippen molar-refractivity contribution >= 4 is 17.6 Å². The summed E-state index contributed by atoms with van der Waals surface area (Å²) in [6.45, 7) is 4.40. The van der Waals surface area contributed by atoms with Crippen molar-refractivity contribution in [2.24, 2.45) is 0 Å². The number of carbonyl (C=O) groups excluding carboxylic acids is 1. The summed E-state index contributed by atoms with van der Waals surface area (Å²) in [6.07, 6.45) is 0.894. The fraction of sp³-hybridized carbons (Fsp3) is 0.429. The molecular formula is C14H17ClN4O3. The molecule has 0 N–H and O–H groups in total. The first-order chi connectivity index (χ1) is 10.6. The van der Waals surface area contributed by atoms with Gasteiger partial charge in [0.25, 0.3) is 0 Å². The van der Waals surface area contributed by atoms with E-state index in [2.05, 4.69) is 15.5 Å². The largest absolute Gasteiger partial charge is 0.482 e. The van der Waals surface area contributed by atoms with Gasteiger partial charge in [0.2, 0.25) is 0 Å². The summed E-state index contributed by atoms with van der Waals surface area (Å²) in [6, 6.07) is 5.18. The third-order valence-electron chi connectivity index (χ3n) is 2.89. The number of aryl methyl sites for hydroxylation is 2. The van der Waals surface area contributed by atoms with Gasteiger partial charge >= 0.3 is 5.97 Å². The van der Waals surface area contributed by atoms with Crippen molar-refractivity contribution in [1.29, 1.82) is 0 Å². The molecule has 0 fully saturated rings. The average Bonchev–Trinajstić information content (AvgIpc) is 2.94. The molecular weight excluding hydrogens is 308 g/mol. The fourth-order valence-corrected chi connectivity index (χ4v) is 1.87. The maximum Gasteiger partial charge on any atom is 0.344 e. The molecule has 0 saturated carbocycles. The van der Waals surface area contributed by atoms with E-state index in [1.54, 1.807) is 22.9 Å². The first-order valence-corrected chi connectivity index (χ1v) is 7.27. The smallest absolute Gasteiger partial charge is 0.344 e. The van der Waals surface area contributed by atoms with Crippen molar-refractivity contribution < 1.29 is 14.3 Å². The van der Waals surface area contributed by atoms with Crippen LogP contribution in [0.1, 0.15) is 24.7 Å². The van der Waals surface area contributed by atoms with E-state index in [1.807, 2.05) is 13.8 Å². The molecule has 0 bridgehead atoms. The number of rotatable bonds is 7. The third kappa shape index (κ3) is 4.42. The topological polar surface area (TPSA) is 79.1 Å². The lowest BCUT2D eigenvalue weighted by Gasteiger charge is -2.08. The van der Waals surface area contributed by atoms with Crippen molar-refractivity contribution in [3.63, 3.8) is 0 Å². The highest BCUT2D eigenvalue weighted by atomic mass is 35.5. The Morgan fingerprint density at radius 1 is 1.41 bits per heavy atom. The Balaban J connectivity index is 1.80. The van der Waals surface area contributed by atoms with Crippen LogP contribution in [0.5, 0.6) is 5.75 Å². The van der Waals surface area contributed by atoms with Crippen molar-refractivity contribution in [3.8, 4) is 5.75 Å². The third-order valence-corrected chi connectivity index (χ3v) is 3.31. The standard InChI is InChI=1S/C14H17ClN4O3/c1-3-6-19-13(16-17-18-19)8-22-14(20)9-21-11-4-5-12(15)10(2)7-11/h4-5,7H,3,6,8-9H2,1-2H3. The number of ether oxygens (including phenoxy) is 2. The van der Waals surface area contributed by atoms with Gasteiger partial charge in [0.05, 0.1) is 0 Å². The second-order valence-electron chi connectivity index (χ2n) is 4.68. The molecule has 0 aliphatic carbocycles. The second kappa shape index (κ2) is 7.74. The minimum atomic E-state index is -0.487. The van der Waals surface area contributed by atoms with Crippen LogP contribution in [0, 0.1) is 6.92 Å². The highest BCUT2D eigenvalue weighted by molar-refractivity contribution is 6.31. The Hall–Kier alpha value is -2.15. The SMILES string of the molecule is CCCn1nnnc1COC(=O)COc1ccc(Cl)c(C)c1. The number of carbonyl (C=O) groups is 1. The Morgan fingerprint density at radius 3 is 2.95 bits per heavy atom. The quantitative estimate of drug-likeness (QED) is 0.726. The molecule has 1 aromatic heterocycles. The Bertz CT molecular complexity index is 645. The second-order valence-corrected chi connectivity index (χ2v) is 5.09. The van der Waals surface area contributed by atoms with Gasteiger partial charge in [-0.25, -0.2) is 9.48 Å². The number of nitrogens with zero attached hydrogens (tertiary/aromatic N) is 4. The van der Waals surface area contributed by atoms with Gasteiger partial charge in [-0.15, -0.1) is 5.10 Å². The van der Waals surface area contributed by atoms with Crippen molar-refractivity contribution in [3.05, 3.63) is 34.6 Å². The van der Waals surface area contributed by atoms with E-state index < -0.39 is 5.97 Å². The van der Waals surface area contributed by atoms with E-state index >= 15 is 0 Å². The Morgan fingerprint density at radius 2 is 2.23 bits per heavy atom. The predicted octanol–water partition coefficient (Wildman–Crippen LogP) is 2.17. The van der Waals surface area contributed by atoms with Crippen molar-refractivity contribution in [2.45, 2.75) is 33.4 Å². The van der Waals surface area contributed by atoms with Gasteiger partial charge in [0, 0.05) is 11.6 Å². The summed E-state index contributed by atoms with van der Waals surface area (Å²) >= 11 is 5.92. The average molecular weight is 325 g/mol. The molecule has 0 saturated heterocycles. The van der Waals surface area contributed by atoms with E-state index in [9.17, 15) is 4.79 Å². The van der Waals surface area contributed by atoms with Gasteiger partial charge in [0.1, 0.15) is 5.75 Å². The van der Waals surface area contributed by atoms with E-state index in [0.29, 0.717) is 23.1 Å². The van der Waals surface area contributed by atoms with Crippen LogP contribution < -0.4 is 4.74 Å². The highest BCUT2D eigenvalue weighted by Crippen LogP contribution is 2.20. The molecule has 0 atom stereocenters. The van der Waals surface area contributed by atoms with Crippen LogP contribution in [-0.4, -0.2) is 32.8 Å². The summed E-state index contributed by atoms with van der Waals surface area (Å²) in [5.41, 5.74) is 0.881. The number of aromatic nitrogens is 4. The van der Waals surface area contributed by atoms with Gasteiger partial charge in [-0.2, -0.15) is 0 Å². The van der Waals surface area contributed by atoms with Crippen LogP contribution in [0.15, 0.2) is 18.2 Å². The maximum absolute atomic E-state index is 11.7. The molecule has 7 nitrogen and oxygen atoms in total. The molecule has 0 radical (unpaired) electrons.